The second kappa shape index (κ2) is 12.4. The van der Waals surface area contributed by atoms with Crippen LogP contribution in [0.15, 0.2) is 66.0 Å². The first-order chi connectivity index (χ1) is 18.7. The van der Waals surface area contributed by atoms with Crippen LogP contribution in [0, 0.1) is 18.8 Å². The second-order valence-electron chi connectivity index (χ2n) is 9.20. The molecule has 0 saturated heterocycles. The summed E-state index contributed by atoms with van der Waals surface area (Å²) in [6.07, 6.45) is 1.36. The molecular formula is C31H31NO5S2. The van der Waals surface area contributed by atoms with Crippen molar-refractivity contribution in [2.45, 2.75) is 39.7 Å². The van der Waals surface area contributed by atoms with Gasteiger partial charge in [0.2, 0.25) is 10.0 Å². The largest absolute Gasteiger partial charge is 0.489 e. The quantitative estimate of drug-likeness (QED) is 0.168. The summed E-state index contributed by atoms with van der Waals surface area (Å²) in [5.74, 6) is 6.23. The van der Waals surface area contributed by atoms with E-state index < -0.39 is 10.0 Å². The molecule has 1 atom stereocenters. The van der Waals surface area contributed by atoms with E-state index in [2.05, 4.69) is 40.1 Å². The summed E-state index contributed by atoms with van der Waals surface area (Å²) in [5.41, 5.74) is 5.60. The van der Waals surface area contributed by atoms with Gasteiger partial charge in [0, 0.05) is 21.3 Å². The van der Waals surface area contributed by atoms with Gasteiger partial charge in [-0.15, -0.1) is 17.3 Å². The van der Waals surface area contributed by atoms with Gasteiger partial charge in [-0.2, -0.15) is 0 Å². The number of fused-ring (bicyclic) bond motifs is 1. The first kappa shape index (κ1) is 28.2. The highest BCUT2D eigenvalue weighted by Gasteiger charge is 2.15. The molecule has 0 spiro atoms. The summed E-state index contributed by atoms with van der Waals surface area (Å²) in [6, 6.07) is 19.5. The molecular weight excluding hydrogens is 530 g/mol. The first-order valence-electron chi connectivity index (χ1n) is 12.6. The second-order valence-corrected chi connectivity index (χ2v) is 11.9. The zero-order chi connectivity index (χ0) is 28.0. The molecule has 0 aliphatic carbocycles. The van der Waals surface area contributed by atoms with Gasteiger partial charge in [0.1, 0.15) is 12.4 Å². The standard InChI is InChI=1S/C31H31NO5S2/c1-5-7-24(17-31(33)36-6-2)23-10-13-26(14-11-23)37-19-22-9-15-30-28(16-22)29(20-38-30)27-18-25(12-8-21(27)3)32-39(4,34)35/h8-16,18,20,24,32H,6,17,19H2,1-4H3/t24-/m0/s1. The Balaban J connectivity index is 1.51. The predicted octanol–water partition coefficient (Wildman–Crippen LogP) is 6.89. The molecule has 39 heavy (non-hydrogen) atoms. The van der Waals surface area contributed by atoms with E-state index >= 15 is 0 Å². The van der Waals surface area contributed by atoms with Crippen LogP contribution >= 0.6 is 11.3 Å². The number of benzene rings is 3. The van der Waals surface area contributed by atoms with E-state index in [0.29, 0.717) is 18.9 Å². The van der Waals surface area contributed by atoms with Crippen LogP contribution in [0.25, 0.3) is 21.2 Å². The molecule has 0 saturated carbocycles. The van der Waals surface area contributed by atoms with Crippen LogP contribution in [0.4, 0.5) is 5.69 Å². The lowest BCUT2D eigenvalue weighted by atomic mass is 9.96. The van der Waals surface area contributed by atoms with Crippen molar-refractivity contribution in [1.82, 2.24) is 0 Å². The molecule has 0 unspecified atom stereocenters. The minimum absolute atomic E-state index is 0.213. The van der Waals surface area contributed by atoms with Crippen molar-refractivity contribution in [3.8, 4) is 28.7 Å². The molecule has 4 rings (SSSR count). The van der Waals surface area contributed by atoms with Crippen molar-refractivity contribution in [2.24, 2.45) is 0 Å². The molecule has 0 amide bonds. The maximum absolute atomic E-state index is 12.0. The van der Waals surface area contributed by atoms with Gasteiger partial charge in [-0.25, -0.2) is 8.42 Å². The molecule has 0 radical (unpaired) electrons. The van der Waals surface area contributed by atoms with Gasteiger partial charge in [-0.1, -0.05) is 30.2 Å². The molecule has 6 nitrogen and oxygen atoms in total. The van der Waals surface area contributed by atoms with Crippen molar-refractivity contribution >= 4 is 43.1 Å². The fourth-order valence-electron chi connectivity index (χ4n) is 4.34. The SMILES string of the molecule is CC#C[C@@H](CC(=O)OCC)c1ccc(OCc2ccc3scc(-c4cc(NS(C)(=O)=O)ccc4C)c3c2)cc1. The number of rotatable bonds is 10. The summed E-state index contributed by atoms with van der Waals surface area (Å²) < 4.78 is 38.3. The Kier molecular flexibility index (Phi) is 8.95. The van der Waals surface area contributed by atoms with Crippen LogP contribution in [0.2, 0.25) is 0 Å². The Labute approximate surface area is 234 Å². The Morgan fingerprint density at radius 3 is 2.51 bits per heavy atom. The number of sulfonamides is 1. The molecule has 1 N–H and O–H groups in total. The molecule has 3 aromatic carbocycles. The van der Waals surface area contributed by atoms with Gasteiger partial charge < -0.3 is 9.47 Å². The highest BCUT2D eigenvalue weighted by molar-refractivity contribution is 7.92. The topological polar surface area (TPSA) is 81.7 Å². The fourth-order valence-corrected chi connectivity index (χ4v) is 5.84. The molecule has 8 heteroatoms. The lowest BCUT2D eigenvalue weighted by molar-refractivity contribution is -0.143. The van der Waals surface area contributed by atoms with E-state index in [1.165, 1.54) is 0 Å². The minimum Gasteiger partial charge on any atom is -0.489 e. The van der Waals surface area contributed by atoms with Crippen LogP contribution < -0.4 is 9.46 Å². The van der Waals surface area contributed by atoms with Gasteiger partial charge in [-0.05, 0) is 84.8 Å². The number of carbonyl (C=O) groups is 1. The number of hydrogen-bond donors (Lipinski definition) is 1. The Morgan fingerprint density at radius 1 is 1.05 bits per heavy atom. The van der Waals surface area contributed by atoms with Crippen LogP contribution in [0.3, 0.4) is 0 Å². The molecule has 1 aromatic heterocycles. The van der Waals surface area contributed by atoms with Crippen LogP contribution in [0.5, 0.6) is 5.75 Å². The van der Waals surface area contributed by atoms with Gasteiger partial charge >= 0.3 is 5.97 Å². The van der Waals surface area contributed by atoms with Crippen LogP contribution in [-0.2, 0) is 26.2 Å². The molecule has 0 aliphatic rings. The third-order valence-electron chi connectivity index (χ3n) is 6.15. The van der Waals surface area contributed by atoms with E-state index in [1.807, 2.05) is 43.3 Å². The molecule has 202 valence electrons. The van der Waals surface area contributed by atoms with E-state index in [0.717, 1.165) is 49.9 Å². The van der Waals surface area contributed by atoms with E-state index in [1.54, 1.807) is 31.3 Å². The minimum atomic E-state index is -3.37. The van der Waals surface area contributed by atoms with Gasteiger partial charge in [0.25, 0.3) is 0 Å². The monoisotopic (exact) mass is 561 g/mol. The molecule has 0 aliphatic heterocycles. The summed E-state index contributed by atoms with van der Waals surface area (Å²) in [6.45, 7) is 6.31. The normalized spacial score (nSPS) is 11.9. The number of anilines is 1. The highest BCUT2D eigenvalue weighted by atomic mass is 32.2. The van der Waals surface area contributed by atoms with E-state index in [-0.39, 0.29) is 18.3 Å². The molecule has 1 heterocycles. The van der Waals surface area contributed by atoms with Gasteiger partial charge in [-0.3, -0.25) is 9.52 Å². The van der Waals surface area contributed by atoms with Crippen LogP contribution in [0.1, 0.15) is 42.9 Å². The average Bonchev–Trinajstić information content (AvgIpc) is 3.31. The molecule has 0 fully saturated rings. The third-order valence-corrected chi connectivity index (χ3v) is 7.72. The summed E-state index contributed by atoms with van der Waals surface area (Å²) in [5, 5.41) is 3.20. The van der Waals surface area contributed by atoms with Crippen LogP contribution in [-0.4, -0.2) is 27.2 Å². The number of hydrogen-bond acceptors (Lipinski definition) is 6. The maximum atomic E-state index is 12.0. The lowest BCUT2D eigenvalue weighted by Crippen LogP contribution is -2.09. The lowest BCUT2D eigenvalue weighted by Gasteiger charge is -2.12. The number of aryl methyl sites for hydroxylation is 1. The maximum Gasteiger partial charge on any atom is 0.307 e. The smallest absolute Gasteiger partial charge is 0.307 e. The molecule has 4 aromatic rings. The summed E-state index contributed by atoms with van der Waals surface area (Å²) in [4.78, 5) is 12.0. The fraction of sp³-hybridized carbons (Fsp3) is 0.258. The van der Waals surface area contributed by atoms with Crippen molar-refractivity contribution in [3.05, 3.63) is 82.7 Å². The Morgan fingerprint density at radius 2 is 1.82 bits per heavy atom. The summed E-state index contributed by atoms with van der Waals surface area (Å²) >= 11 is 1.65. The number of nitrogens with one attached hydrogen (secondary N) is 1. The van der Waals surface area contributed by atoms with Crippen molar-refractivity contribution in [2.75, 3.05) is 17.6 Å². The van der Waals surface area contributed by atoms with Crippen molar-refractivity contribution in [3.63, 3.8) is 0 Å². The Hall–Kier alpha value is -3.80. The average molecular weight is 562 g/mol. The van der Waals surface area contributed by atoms with Crippen molar-refractivity contribution < 1.29 is 22.7 Å². The van der Waals surface area contributed by atoms with Gasteiger partial charge in [0.15, 0.2) is 0 Å². The van der Waals surface area contributed by atoms with E-state index in [9.17, 15) is 13.2 Å². The first-order valence-corrected chi connectivity index (χ1v) is 15.3. The van der Waals surface area contributed by atoms with Crippen molar-refractivity contribution in [1.29, 1.82) is 0 Å². The van der Waals surface area contributed by atoms with Gasteiger partial charge in [0.05, 0.1) is 25.2 Å². The number of esters is 1. The zero-order valence-electron chi connectivity index (χ0n) is 22.4. The third kappa shape index (κ3) is 7.41. The molecule has 0 bridgehead atoms. The number of thiophene rings is 1. The van der Waals surface area contributed by atoms with E-state index in [4.69, 9.17) is 9.47 Å². The number of ether oxygens (including phenoxy) is 2. The predicted molar refractivity (Wildman–Crippen MR) is 159 cm³/mol. The highest BCUT2D eigenvalue weighted by Crippen LogP contribution is 2.37. The summed E-state index contributed by atoms with van der Waals surface area (Å²) in [7, 11) is -3.37. The Bertz CT molecular complexity index is 1640. The zero-order valence-corrected chi connectivity index (χ0v) is 24.0. The number of carbonyl (C=O) groups excluding carboxylic acids is 1.